The molecule has 0 spiro atoms. The van der Waals surface area contributed by atoms with Crippen molar-refractivity contribution in [3.63, 3.8) is 0 Å². The number of sulfonamides is 1. The van der Waals surface area contributed by atoms with Crippen LogP contribution in [-0.4, -0.2) is 45.3 Å². The van der Waals surface area contributed by atoms with E-state index in [1.165, 1.54) is 18.4 Å². The molecule has 8 heteroatoms. The average Bonchev–Trinajstić information content (AvgIpc) is 2.55. The van der Waals surface area contributed by atoms with Crippen molar-refractivity contribution in [2.45, 2.75) is 17.4 Å². The summed E-state index contributed by atoms with van der Waals surface area (Å²) in [6.45, 7) is 1.60. The molecule has 0 aromatic heterocycles. The fraction of sp³-hybridized carbons (Fsp3) is 0.333. The van der Waals surface area contributed by atoms with E-state index < -0.39 is 10.0 Å². The Morgan fingerprint density at radius 1 is 1.12 bits per heavy atom. The predicted octanol–water partition coefficient (Wildman–Crippen LogP) is 4.24. The summed E-state index contributed by atoms with van der Waals surface area (Å²) >= 11 is 12.6. The van der Waals surface area contributed by atoms with E-state index in [0.29, 0.717) is 10.0 Å². The first-order valence-electron chi connectivity index (χ1n) is 7.89. The van der Waals surface area contributed by atoms with Crippen LogP contribution in [0.3, 0.4) is 0 Å². The number of hydrogen-bond donors (Lipinski definition) is 0. The Morgan fingerprint density at radius 2 is 1.73 bits per heavy atom. The largest absolute Gasteiger partial charge is 0.301 e. The molecule has 2 aromatic carbocycles. The molecule has 1 aliphatic rings. The average molecular weight is 436 g/mol. The van der Waals surface area contributed by atoms with Crippen LogP contribution in [0.1, 0.15) is 22.6 Å². The van der Waals surface area contributed by atoms with Crippen LogP contribution in [0.25, 0.3) is 0 Å². The molecule has 26 heavy (non-hydrogen) atoms. The van der Waals surface area contributed by atoms with Gasteiger partial charge in [0.2, 0.25) is 10.0 Å². The summed E-state index contributed by atoms with van der Waals surface area (Å²) in [5.74, 6) is 0.0982. The Kier molecular flexibility index (Phi) is 6.65. The van der Waals surface area contributed by atoms with Crippen LogP contribution in [-0.2, 0) is 16.6 Å². The van der Waals surface area contributed by atoms with Crippen molar-refractivity contribution in [1.82, 2.24) is 9.21 Å². The van der Waals surface area contributed by atoms with E-state index in [-0.39, 0.29) is 23.2 Å². The molecule has 1 aliphatic heterocycles. The fourth-order valence-electron chi connectivity index (χ4n) is 3.21. The van der Waals surface area contributed by atoms with Crippen LogP contribution in [0.4, 0.5) is 0 Å². The maximum atomic E-state index is 12.2. The van der Waals surface area contributed by atoms with Crippen molar-refractivity contribution >= 4 is 45.6 Å². The van der Waals surface area contributed by atoms with E-state index in [1.807, 2.05) is 25.2 Å². The molecule has 1 unspecified atom stereocenters. The van der Waals surface area contributed by atoms with Gasteiger partial charge >= 0.3 is 0 Å². The van der Waals surface area contributed by atoms with Gasteiger partial charge in [0.05, 0.1) is 4.90 Å². The molecule has 0 saturated heterocycles. The predicted molar refractivity (Wildman–Crippen MR) is 109 cm³/mol. The quantitative estimate of drug-likeness (QED) is 0.724. The third kappa shape index (κ3) is 4.03. The minimum absolute atomic E-state index is 0. The molecular formula is C18H21Cl3N2O2S. The van der Waals surface area contributed by atoms with Gasteiger partial charge in [-0.2, -0.15) is 0 Å². The summed E-state index contributed by atoms with van der Waals surface area (Å²) in [7, 11) is 1.67. The normalized spacial score (nSPS) is 17.7. The van der Waals surface area contributed by atoms with Gasteiger partial charge in [-0.15, -0.1) is 12.4 Å². The summed E-state index contributed by atoms with van der Waals surface area (Å²) in [4.78, 5) is 2.49. The standard InChI is InChI=1S/C18H20Cl2N2O2S.ClH/c1-21(2)25(23,24)14-6-4-12(5-7-14)16-10-22(3)11-17-15(16)8-13(19)9-18(17)20;/h4-9,16H,10-11H2,1-3H3;1H. The molecule has 0 amide bonds. The van der Waals surface area contributed by atoms with Gasteiger partial charge in [-0.05, 0) is 48.0 Å². The maximum Gasteiger partial charge on any atom is 0.242 e. The lowest BCUT2D eigenvalue weighted by Gasteiger charge is -2.33. The zero-order valence-electron chi connectivity index (χ0n) is 14.7. The molecule has 4 nitrogen and oxygen atoms in total. The Bertz CT molecular complexity index is 899. The van der Waals surface area contributed by atoms with Crippen molar-refractivity contribution in [3.8, 4) is 0 Å². The monoisotopic (exact) mass is 434 g/mol. The highest BCUT2D eigenvalue weighted by atomic mass is 35.5. The Hall–Kier alpha value is -0.820. The van der Waals surface area contributed by atoms with Crippen LogP contribution in [0.15, 0.2) is 41.3 Å². The summed E-state index contributed by atoms with van der Waals surface area (Å²) in [5.41, 5.74) is 3.23. The van der Waals surface area contributed by atoms with Gasteiger partial charge in [0, 0.05) is 43.1 Å². The zero-order valence-corrected chi connectivity index (χ0v) is 17.9. The summed E-state index contributed by atoms with van der Waals surface area (Å²) < 4.78 is 25.7. The van der Waals surface area contributed by atoms with Crippen LogP contribution in [0.2, 0.25) is 10.0 Å². The molecule has 0 N–H and O–H groups in total. The van der Waals surface area contributed by atoms with E-state index in [2.05, 4.69) is 4.90 Å². The maximum absolute atomic E-state index is 12.2. The second-order valence-corrected chi connectivity index (χ2v) is 9.56. The van der Waals surface area contributed by atoms with Gasteiger partial charge in [-0.3, -0.25) is 0 Å². The number of likely N-dealkylation sites (N-methyl/N-ethyl adjacent to an activating group) is 1. The number of rotatable bonds is 3. The number of fused-ring (bicyclic) bond motifs is 1. The van der Waals surface area contributed by atoms with E-state index in [1.54, 1.807) is 18.2 Å². The van der Waals surface area contributed by atoms with Gasteiger partial charge in [0.25, 0.3) is 0 Å². The lowest BCUT2D eigenvalue weighted by molar-refractivity contribution is 0.295. The topological polar surface area (TPSA) is 40.6 Å². The summed E-state index contributed by atoms with van der Waals surface area (Å²) in [5, 5.41) is 1.29. The third-order valence-electron chi connectivity index (χ3n) is 4.55. The molecule has 1 atom stereocenters. The van der Waals surface area contributed by atoms with Gasteiger partial charge in [0.15, 0.2) is 0 Å². The lowest BCUT2D eigenvalue weighted by atomic mass is 9.85. The highest BCUT2D eigenvalue weighted by Crippen LogP contribution is 2.38. The second kappa shape index (κ2) is 8.05. The van der Waals surface area contributed by atoms with Crippen molar-refractivity contribution < 1.29 is 8.42 Å². The number of nitrogens with zero attached hydrogens (tertiary/aromatic N) is 2. The Morgan fingerprint density at radius 3 is 2.31 bits per heavy atom. The fourth-order valence-corrected chi connectivity index (χ4v) is 4.68. The first-order chi connectivity index (χ1) is 11.7. The molecular weight excluding hydrogens is 415 g/mol. The zero-order chi connectivity index (χ0) is 18.4. The minimum Gasteiger partial charge on any atom is -0.301 e. The molecule has 0 saturated carbocycles. The van der Waals surface area contributed by atoms with Crippen molar-refractivity contribution in [3.05, 3.63) is 63.1 Å². The van der Waals surface area contributed by atoms with Crippen molar-refractivity contribution in [2.24, 2.45) is 0 Å². The van der Waals surface area contributed by atoms with Crippen molar-refractivity contribution in [1.29, 1.82) is 0 Å². The van der Waals surface area contributed by atoms with Crippen LogP contribution in [0.5, 0.6) is 0 Å². The summed E-state index contributed by atoms with van der Waals surface area (Å²) in [6, 6.07) is 10.8. The molecule has 3 rings (SSSR count). The van der Waals surface area contributed by atoms with Crippen LogP contribution >= 0.6 is 35.6 Å². The van der Waals surface area contributed by atoms with E-state index in [9.17, 15) is 8.42 Å². The molecule has 1 heterocycles. The SMILES string of the molecule is CN1Cc2c(Cl)cc(Cl)cc2C(c2ccc(S(=O)(=O)N(C)C)cc2)C1.Cl. The molecule has 0 fully saturated rings. The van der Waals surface area contributed by atoms with Gasteiger partial charge < -0.3 is 4.90 Å². The first kappa shape index (κ1) is 21.5. The highest BCUT2D eigenvalue weighted by Gasteiger charge is 2.27. The van der Waals surface area contributed by atoms with E-state index in [0.717, 1.165) is 29.8 Å². The summed E-state index contributed by atoms with van der Waals surface area (Å²) in [6.07, 6.45) is 0. The second-order valence-electron chi connectivity index (χ2n) is 6.56. The number of hydrogen-bond acceptors (Lipinski definition) is 3. The molecule has 2 aromatic rings. The molecule has 0 radical (unpaired) electrons. The smallest absolute Gasteiger partial charge is 0.242 e. The third-order valence-corrected chi connectivity index (χ3v) is 6.94. The van der Waals surface area contributed by atoms with Gasteiger partial charge in [-0.1, -0.05) is 35.3 Å². The highest BCUT2D eigenvalue weighted by molar-refractivity contribution is 7.89. The first-order valence-corrected chi connectivity index (χ1v) is 10.1. The van der Waals surface area contributed by atoms with Gasteiger partial charge in [-0.25, -0.2) is 12.7 Å². The Labute approximate surface area is 171 Å². The van der Waals surface area contributed by atoms with Crippen molar-refractivity contribution in [2.75, 3.05) is 27.7 Å². The van der Waals surface area contributed by atoms with E-state index >= 15 is 0 Å². The van der Waals surface area contributed by atoms with Gasteiger partial charge in [0.1, 0.15) is 0 Å². The number of halogens is 3. The molecule has 0 bridgehead atoms. The van der Waals surface area contributed by atoms with E-state index in [4.69, 9.17) is 23.2 Å². The van der Waals surface area contributed by atoms with Crippen LogP contribution in [0, 0.1) is 0 Å². The lowest BCUT2D eigenvalue weighted by Crippen LogP contribution is -2.31. The number of benzene rings is 2. The van der Waals surface area contributed by atoms with Crippen LogP contribution < -0.4 is 0 Å². The Balaban J connectivity index is 0.00000243. The molecule has 142 valence electrons. The minimum atomic E-state index is -3.43. The molecule has 0 aliphatic carbocycles.